The Labute approximate surface area is 322 Å². The predicted molar refractivity (Wildman–Crippen MR) is 200 cm³/mol. The van der Waals surface area contributed by atoms with Gasteiger partial charge in [-0.2, -0.15) is 11.8 Å². The Kier molecular flexibility index (Phi) is 15.7. The Balaban J connectivity index is 0.938. The largest absolute Gasteiger partial charge is 0.507 e. The van der Waals surface area contributed by atoms with Crippen LogP contribution >= 0.6 is 23.4 Å². The SMILES string of the molecule is C[C@@H]1C[C@H]2O[C@@H]2/C=C\C=C\C(=NOCC(=O)NCCOCCOCCNC(=O)CCCC[C@@H]2SC[C@@H]3NC(=O)N[C@@H]32)Cc2c(Cl)c(O)cc(O)c2C(=O)O1. The van der Waals surface area contributed by atoms with Crippen LogP contribution in [0, 0.1) is 0 Å². The topological polar surface area (TPSA) is 219 Å². The van der Waals surface area contributed by atoms with Crippen molar-refractivity contribution in [3.63, 3.8) is 0 Å². The fraction of sp³-hybridized carbons (Fsp3) is 0.583. The van der Waals surface area contributed by atoms with Crippen LogP contribution in [0.25, 0.3) is 0 Å². The van der Waals surface area contributed by atoms with Crippen molar-refractivity contribution in [1.29, 1.82) is 0 Å². The number of benzene rings is 1. The highest BCUT2D eigenvalue weighted by Gasteiger charge is 2.42. The zero-order chi connectivity index (χ0) is 38.5. The summed E-state index contributed by atoms with van der Waals surface area (Å²) < 4.78 is 22.1. The molecule has 0 bridgehead atoms. The third kappa shape index (κ3) is 12.5. The molecule has 6 N–H and O–H groups in total. The lowest BCUT2D eigenvalue weighted by Crippen LogP contribution is -2.36. The standard InChI is InChI=1S/C36H48ClN5O11S/c1-21-16-28-27(53-28)7-3-2-6-22(17-23-32(35(47)52-21)25(43)18-26(44)33(23)37)42-51-19-31(46)39-11-13-50-15-14-49-12-10-38-30(45)9-5-4-8-29-34-24(20-54-29)40-36(48)41-34/h2-3,6-7,18,21,24,27-29,34,43-44H,4-5,8-17,19-20H2,1H3,(H,38,45)(H,39,46)(H2,40,41,48)/b6-2+,7-3-,42-22?/t21-,24+,27-,28-,29+,34+/m1/s1. The number of thioether (sulfide) groups is 1. The first-order valence-corrected chi connectivity index (χ1v) is 19.5. The van der Waals surface area contributed by atoms with E-state index in [1.54, 1.807) is 25.2 Å². The van der Waals surface area contributed by atoms with Crippen molar-refractivity contribution >= 4 is 52.9 Å². The second-order valence-corrected chi connectivity index (χ2v) is 14.9. The maximum atomic E-state index is 13.1. The van der Waals surface area contributed by atoms with Gasteiger partial charge < -0.3 is 55.3 Å². The lowest BCUT2D eigenvalue weighted by molar-refractivity contribution is -0.126. The quantitative estimate of drug-likeness (QED) is 0.0441. The summed E-state index contributed by atoms with van der Waals surface area (Å²) in [6, 6.07) is 1.28. The number of rotatable bonds is 17. The van der Waals surface area contributed by atoms with E-state index in [1.165, 1.54) is 0 Å². The minimum absolute atomic E-state index is 0.0160. The first-order valence-electron chi connectivity index (χ1n) is 18.1. The van der Waals surface area contributed by atoms with E-state index in [1.807, 2.05) is 17.8 Å². The minimum atomic E-state index is -0.821. The van der Waals surface area contributed by atoms with E-state index < -0.39 is 36.1 Å². The van der Waals surface area contributed by atoms with Gasteiger partial charge in [-0.25, -0.2) is 9.59 Å². The summed E-state index contributed by atoms with van der Waals surface area (Å²) in [6.45, 7) is 3.15. The minimum Gasteiger partial charge on any atom is -0.507 e. The molecule has 296 valence electrons. The van der Waals surface area contributed by atoms with Crippen LogP contribution in [0.5, 0.6) is 11.5 Å². The summed E-state index contributed by atoms with van der Waals surface area (Å²) in [5, 5.41) is 36.6. The van der Waals surface area contributed by atoms with E-state index in [0.29, 0.717) is 44.5 Å². The summed E-state index contributed by atoms with van der Waals surface area (Å²) in [6.07, 6.45) is 9.61. The zero-order valence-electron chi connectivity index (χ0n) is 30.1. The number of carbonyl (C=O) groups is 4. The van der Waals surface area contributed by atoms with Crippen LogP contribution in [0.15, 0.2) is 35.5 Å². The Morgan fingerprint density at radius 2 is 1.80 bits per heavy atom. The molecule has 18 heteroatoms. The molecule has 4 aliphatic heterocycles. The number of allylic oxidation sites excluding steroid dienone is 3. The smallest absolute Gasteiger partial charge is 0.342 e. The first kappa shape index (κ1) is 41.1. The number of oxime groups is 1. The number of nitrogens with zero attached hydrogens (tertiary/aromatic N) is 1. The van der Waals surface area contributed by atoms with Gasteiger partial charge in [-0.05, 0) is 31.4 Å². The van der Waals surface area contributed by atoms with Crippen molar-refractivity contribution in [2.75, 3.05) is 51.9 Å². The van der Waals surface area contributed by atoms with Crippen LogP contribution in [-0.4, -0.2) is 127 Å². The molecule has 0 aromatic heterocycles. The molecule has 4 aliphatic rings. The number of halogens is 1. The third-order valence-corrected chi connectivity index (χ3v) is 11.0. The molecule has 5 rings (SSSR count). The molecular weight excluding hydrogens is 746 g/mol. The molecule has 16 nitrogen and oxygen atoms in total. The molecule has 3 saturated heterocycles. The summed E-state index contributed by atoms with van der Waals surface area (Å²) in [5.41, 5.74) is 0.105. The van der Waals surface area contributed by atoms with Crippen molar-refractivity contribution in [2.24, 2.45) is 5.16 Å². The highest BCUT2D eigenvalue weighted by molar-refractivity contribution is 8.00. The van der Waals surface area contributed by atoms with Gasteiger partial charge in [0.25, 0.3) is 5.91 Å². The second-order valence-electron chi connectivity index (χ2n) is 13.2. The fourth-order valence-electron chi connectivity index (χ4n) is 6.29. The number of ether oxygens (including phenoxy) is 4. The number of urea groups is 1. The molecule has 4 heterocycles. The number of hydrogen-bond donors (Lipinski definition) is 6. The Hall–Kier alpha value is -4.03. The molecule has 54 heavy (non-hydrogen) atoms. The molecule has 6 atom stereocenters. The van der Waals surface area contributed by atoms with E-state index in [-0.39, 0.29) is 77.7 Å². The van der Waals surface area contributed by atoms with E-state index in [2.05, 4.69) is 26.4 Å². The molecule has 0 aliphatic carbocycles. The monoisotopic (exact) mass is 793 g/mol. The third-order valence-electron chi connectivity index (χ3n) is 9.05. The van der Waals surface area contributed by atoms with Gasteiger partial charge in [0.1, 0.15) is 29.3 Å². The number of hydrogen-bond acceptors (Lipinski definition) is 13. The van der Waals surface area contributed by atoms with E-state index in [0.717, 1.165) is 31.1 Å². The number of carbonyl (C=O) groups excluding carboxylic acids is 4. The lowest BCUT2D eigenvalue weighted by atomic mass is 9.99. The summed E-state index contributed by atoms with van der Waals surface area (Å²) in [4.78, 5) is 54.3. The number of cyclic esters (lactones) is 1. The number of phenolic OH excluding ortho intramolecular Hbond substituents is 2. The second kappa shape index (κ2) is 20.6. The molecule has 1 aromatic carbocycles. The number of fused-ring (bicyclic) bond motifs is 3. The summed E-state index contributed by atoms with van der Waals surface area (Å²) >= 11 is 8.24. The Morgan fingerprint density at radius 1 is 1.04 bits per heavy atom. The van der Waals surface area contributed by atoms with E-state index in [4.69, 9.17) is 35.4 Å². The van der Waals surface area contributed by atoms with Crippen LogP contribution in [-0.2, 0) is 39.8 Å². The van der Waals surface area contributed by atoms with Crippen LogP contribution in [0.4, 0.5) is 4.79 Å². The van der Waals surface area contributed by atoms with Crippen molar-refractivity contribution in [3.05, 3.63) is 46.5 Å². The number of phenols is 2. The molecule has 0 unspecified atom stereocenters. The molecule has 0 radical (unpaired) electrons. The highest BCUT2D eigenvalue weighted by Crippen LogP contribution is 2.38. The highest BCUT2D eigenvalue weighted by atomic mass is 35.5. The molecule has 1 aromatic rings. The zero-order valence-corrected chi connectivity index (χ0v) is 31.6. The maximum absolute atomic E-state index is 13.1. The average molecular weight is 794 g/mol. The maximum Gasteiger partial charge on any atom is 0.342 e. The molecule has 0 saturated carbocycles. The van der Waals surface area contributed by atoms with Gasteiger partial charge in [0.15, 0.2) is 6.61 Å². The number of nitrogens with one attached hydrogen (secondary N) is 4. The normalized spacial score (nSPS) is 26.6. The van der Waals surface area contributed by atoms with Gasteiger partial charge in [-0.3, -0.25) is 9.59 Å². The summed E-state index contributed by atoms with van der Waals surface area (Å²) in [7, 11) is 0. The van der Waals surface area contributed by atoms with E-state index >= 15 is 0 Å². The van der Waals surface area contributed by atoms with Crippen molar-refractivity contribution in [2.45, 2.75) is 81.1 Å². The number of aromatic hydroxyl groups is 2. The fourth-order valence-corrected chi connectivity index (χ4v) is 8.05. The van der Waals surface area contributed by atoms with Gasteiger partial charge in [-0.1, -0.05) is 41.4 Å². The Bertz CT molecular complexity index is 1590. The number of amides is 4. The molecule has 4 amide bonds. The summed E-state index contributed by atoms with van der Waals surface area (Å²) in [5.74, 6) is -1.29. The van der Waals surface area contributed by atoms with Crippen molar-refractivity contribution in [1.82, 2.24) is 21.3 Å². The van der Waals surface area contributed by atoms with Crippen molar-refractivity contribution in [3.8, 4) is 11.5 Å². The van der Waals surface area contributed by atoms with Gasteiger partial charge in [0.05, 0.1) is 55.3 Å². The molecule has 3 fully saturated rings. The number of esters is 1. The predicted octanol–water partition coefficient (Wildman–Crippen LogP) is 2.49. The molecular formula is C36H48ClN5O11S. The van der Waals surface area contributed by atoms with Gasteiger partial charge in [-0.15, -0.1) is 0 Å². The number of unbranched alkanes of at least 4 members (excludes halogenated alkanes) is 1. The van der Waals surface area contributed by atoms with Gasteiger partial charge >= 0.3 is 12.0 Å². The number of epoxide rings is 1. The lowest BCUT2D eigenvalue weighted by Gasteiger charge is -2.17. The van der Waals surface area contributed by atoms with Crippen molar-refractivity contribution < 1.29 is 53.2 Å². The van der Waals surface area contributed by atoms with Crippen LogP contribution in [0.3, 0.4) is 0 Å². The first-order chi connectivity index (χ1) is 26.1. The van der Waals surface area contributed by atoms with E-state index in [9.17, 15) is 29.4 Å². The van der Waals surface area contributed by atoms with Crippen LogP contribution < -0.4 is 21.3 Å². The average Bonchev–Trinajstić information content (AvgIpc) is 3.58. The van der Waals surface area contributed by atoms with Crippen LogP contribution in [0.1, 0.15) is 54.9 Å². The Morgan fingerprint density at radius 3 is 2.57 bits per heavy atom. The van der Waals surface area contributed by atoms with Gasteiger partial charge in [0, 0.05) is 49.4 Å². The molecule has 0 spiro atoms. The van der Waals surface area contributed by atoms with Gasteiger partial charge in [0.2, 0.25) is 5.91 Å². The van der Waals surface area contributed by atoms with Crippen LogP contribution in [0.2, 0.25) is 5.02 Å².